The Morgan fingerprint density at radius 2 is 2.08 bits per heavy atom. The first kappa shape index (κ1) is 10.5. The first-order valence-electron chi connectivity index (χ1n) is 4.99. The molecule has 1 saturated carbocycles. The van der Waals surface area contributed by atoms with Crippen LogP contribution < -0.4 is 0 Å². The van der Waals surface area contributed by atoms with Gasteiger partial charge in [0.2, 0.25) is 0 Å². The molecule has 1 aliphatic carbocycles. The van der Waals surface area contributed by atoms with E-state index < -0.39 is 11.5 Å². The SMILES string of the molecule is CCOC(=O)C1([C@H](C)O)CCCC1. The third kappa shape index (κ3) is 1.85. The molecule has 76 valence electrons. The van der Waals surface area contributed by atoms with Crippen LogP contribution in [0, 0.1) is 5.41 Å². The molecule has 1 N–H and O–H groups in total. The van der Waals surface area contributed by atoms with Crippen LogP contribution in [0.5, 0.6) is 0 Å². The van der Waals surface area contributed by atoms with Crippen LogP contribution >= 0.6 is 0 Å². The molecule has 1 rings (SSSR count). The van der Waals surface area contributed by atoms with Gasteiger partial charge < -0.3 is 9.84 Å². The predicted octanol–water partition coefficient (Wildman–Crippen LogP) is 1.49. The fraction of sp³-hybridized carbons (Fsp3) is 0.900. The standard InChI is InChI=1S/C10H18O3/c1-3-13-9(12)10(8(2)11)6-4-5-7-10/h8,11H,3-7H2,1-2H3/t8-/m0/s1. The Morgan fingerprint density at radius 3 is 2.46 bits per heavy atom. The van der Waals surface area contributed by atoms with Gasteiger partial charge in [0, 0.05) is 0 Å². The maximum absolute atomic E-state index is 11.6. The highest BCUT2D eigenvalue weighted by Gasteiger charge is 2.46. The molecule has 0 aromatic heterocycles. The third-order valence-corrected chi connectivity index (χ3v) is 2.98. The van der Waals surface area contributed by atoms with Crippen molar-refractivity contribution in [3.8, 4) is 0 Å². The first-order chi connectivity index (χ1) is 6.13. The lowest BCUT2D eigenvalue weighted by Gasteiger charge is -2.29. The maximum Gasteiger partial charge on any atom is 0.314 e. The van der Waals surface area contributed by atoms with Crippen molar-refractivity contribution in [1.82, 2.24) is 0 Å². The van der Waals surface area contributed by atoms with Crippen LogP contribution in [0.2, 0.25) is 0 Å². The van der Waals surface area contributed by atoms with E-state index in [1.165, 1.54) is 0 Å². The number of hydrogen-bond acceptors (Lipinski definition) is 3. The maximum atomic E-state index is 11.6. The van der Waals surface area contributed by atoms with Crippen molar-refractivity contribution in [2.45, 2.75) is 45.6 Å². The highest BCUT2D eigenvalue weighted by atomic mass is 16.5. The van der Waals surface area contributed by atoms with E-state index in [1.807, 2.05) is 0 Å². The van der Waals surface area contributed by atoms with Crippen molar-refractivity contribution in [1.29, 1.82) is 0 Å². The fourth-order valence-electron chi connectivity index (χ4n) is 2.07. The summed E-state index contributed by atoms with van der Waals surface area (Å²) in [7, 11) is 0. The average Bonchev–Trinajstić information content (AvgIpc) is 2.53. The zero-order valence-corrected chi connectivity index (χ0v) is 8.38. The van der Waals surface area contributed by atoms with Crippen molar-refractivity contribution in [2.75, 3.05) is 6.61 Å². The average molecular weight is 186 g/mol. The molecule has 0 radical (unpaired) electrons. The second-order valence-corrected chi connectivity index (χ2v) is 3.76. The molecule has 1 aliphatic rings. The smallest absolute Gasteiger partial charge is 0.314 e. The summed E-state index contributed by atoms with van der Waals surface area (Å²) < 4.78 is 4.99. The molecule has 0 saturated heterocycles. The lowest BCUT2D eigenvalue weighted by atomic mass is 9.81. The molecule has 0 spiro atoms. The zero-order chi connectivity index (χ0) is 9.90. The molecule has 0 amide bonds. The number of carbonyl (C=O) groups is 1. The van der Waals surface area contributed by atoms with Gasteiger partial charge in [0.25, 0.3) is 0 Å². The molecule has 3 heteroatoms. The van der Waals surface area contributed by atoms with Crippen molar-refractivity contribution in [2.24, 2.45) is 5.41 Å². The van der Waals surface area contributed by atoms with E-state index in [0.29, 0.717) is 6.61 Å². The van der Waals surface area contributed by atoms with Gasteiger partial charge in [0.05, 0.1) is 18.1 Å². The van der Waals surface area contributed by atoms with E-state index in [2.05, 4.69) is 0 Å². The molecule has 13 heavy (non-hydrogen) atoms. The molecule has 0 aromatic carbocycles. The molecular formula is C10H18O3. The molecule has 0 aliphatic heterocycles. The molecule has 0 heterocycles. The Bertz CT molecular complexity index is 181. The first-order valence-corrected chi connectivity index (χ1v) is 4.99. The van der Waals surface area contributed by atoms with Crippen molar-refractivity contribution < 1.29 is 14.6 Å². The number of esters is 1. The number of hydrogen-bond donors (Lipinski definition) is 1. The van der Waals surface area contributed by atoms with Gasteiger partial charge in [-0.15, -0.1) is 0 Å². The third-order valence-electron chi connectivity index (χ3n) is 2.98. The molecule has 0 bridgehead atoms. The Labute approximate surface area is 79.1 Å². The summed E-state index contributed by atoms with van der Waals surface area (Å²) in [5.41, 5.74) is -0.601. The van der Waals surface area contributed by atoms with E-state index in [1.54, 1.807) is 13.8 Å². The van der Waals surface area contributed by atoms with E-state index in [9.17, 15) is 9.90 Å². The second kappa shape index (κ2) is 4.09. The lowest BCUT2D eigenvalue weighted by molar-refractivity contribution is -0.161. The van der Waals surface area contributed by atoms with Crippen molar-refractivity contribution >= 4 is 5.97 Å². The Hall–Kier alpha value is -0.570. The molecule has 0 aromatic rings. The van der Waals surface area contributed by atoms with E-state index in [0.717, 1.165) is 25.7 Å². The Balaban J connectivity index is 2.72. The van der Waals surface area contributed by atoms with Crippen LogP contribution in [-0.2, 0) is 9.53 Å². The number of carbonyl (C=O) groups excluding carboxylic acids is 1. The van der Waals surface area contributed by atoms with Crippen molar-refractivity contribution in [3.63, 3.8) is 0 Å². The van der Waals surface area contributed by atoms with Gasteiger partial charge >= 0.3 is 5.97 Å². The van der Waals surface area contributed by atoms with Gasteiger partial charge in [-0.3, -0.25) is 4.79 Å². The topological polar surface area (TPSA) is 46.5 Å². The second-order valence-electron chi connectivity index (χ2n) is 3.76. The number of rotatable bonds is 3. The Kier molecular flexibility index (Phi) is 3.31. The van der Waals surface area contributed by atoms with Gasteiger partial charge in [-0.2, -0.15) is 0 Å². The summed E-state index contributed by atoms with van der Waals surface area (Å²) in [6.07, 6.45) is 2.98. The quantitative estimate of drug-likeness (QED) is 0.679. The lowest BCUT2D eigenvalue weighted by Crippen LogP contribution is -2.39. The van der Waals surface area contributed by atoms with Crippen LogP contribution in [0.15, 0.2) is 0 Å². The number of ether oxygens (including phenoxy) is 1. The molecule has 1 atom stereocenters. The van der Waals surface area contributed by atoms with Gasteiger partial charge in [0.1, 0.15) is 0 Å². The van der Waals surface area contributed by atoms with E-state index in [4.69, 9.17) is 4.74 Å². The fourth-order valence-corrected chi connectivity index (χ4v) is 2.07. The minimum Gasteiger partial charge on any atom is -0.465 e. The normalized spacial score (nSPS) is 22.7. The van der Waals surface area contributed by atoms with Gasteiger partial charge in [-0.1, -0.05) is 12.8 Å². The van der Waals surface area contributed by atoms with Crippen LogP contribution in [0.25, 0.3) is 0 Å². The molecule has 1 fully saturated rings. The summed E-state index contributed by atoms with van der Waals surface area (Å²) >= 11 is 0. The highest BCUT2D eigenvalue weighted by Crippen LogP contribution is 2.42. The van der Waals surface area contributed by atoms with Gasteiger partial charge in [-0.05, 0) is 26.7 Å². The number of aliphatic hydroxyl groups excluding tert-OH is 1. The summed E-state index contributed by atoms with van der Waals surface area (Å²) in [4.78, 5) is 11.6. The summed E-state index contributed by atoms with van der Waals surface area (Å²) in [6, 6.07) is 0. The minimum atomic E-state index is -0.601. The van der Waals surface area contributed by atoms with Gasteiger partial charge in [0.15, 0.2) is 0 Å². The molecular weight excluding hydrogens is 168 g/mol. The van der Waals surface area contributed by atoms with Crippen LogP contribution in [-0.4, -0.2) is 23.8 Å². The Morgan fingerprint density at radius 1 is 1.54 bits per heavy atom. The highest BCUT2D eigenvalue weighted by molar-refractivity contribution is 5.77. The van der Waals surface area contributed by atoms with Crippen LogP contribution in [0.4, 0.5) is 0 Å². The van der Waals surface area contributed by atoms with Crippen LogP contribution in [0.1, 0.15) is 39.5 Å². The summed E-state index contributed by atoms with van der Waals surface area (Å²) in [5, 5.41) is 9.60. The van der Waals surface area contributed by atoms with E-state index >= 15 is 0 Å². The predicted molar refractivity (Wildman–Crippen MR) is 49.2 cm³/mol. The van der Waals surface area contributed by atoms with Crippen LogP contribution in [0.3, 0.4) is 0 Å². The van der Waals surface area contributed by atoms with Gasteiger partial charge in [-0.25, -0.2) is 0 Å². The largest absolute Gasteiger partial charge is 0.465 e. The molecule has 0 unspecified atom stereocenters. The summed E-state index contributed by atoms with van der Waals surface area (Å²) in [6.45, 7) is 3.87. The van der Waals surface area contributed by atoms with E-state index in [-0.39, 0.29) is 5.97 Å². The molecule has 3 nitrogen and oxygen atoms in total. The monoisotopic (exact) mass is 186 g/mol. The van der Waals surface area contributed by atoms with Crippen molar-refractivity contribution in [3.05, 3.63) is 0 Å². The zero-order valence-electron chi connectivity index (χ0n) is 8.38. The number of aliphatic hydroxyl groups is 1. The summed E-state index contributed by atoms with van der Waals surface area (Å²) in [5.74, 6) is -0.220. The minimum absolute atomic E-state index is 0.220.